The van der Waals surface area contributed by atoms with Gasteiger partial charge in [-0.2, -0.15) is 0 Å². The van der Waals surface area contributed by atoms with E-state index in [1.54, 1.807) is 0 Å². The first kappa shape index (κ1) is 14.2. The average molecular weight is 323 g/mol. The molecule has 5 heteroatoms. The fraction of sp³-hybridized carbons (Fsp3) is 0.222. The number of benzene rings is 1. The molecule has 0 saturated carbocycles. The zero-order chi connectivity index (χ0) is 16.1. The lowest BCUT2D eigenvalue weighted by atomic mass is 10.1. The molecule has 2 N–H and O–H groups in total. The van der Waals surface area contributed by atoms with E-state index < -0.39 is 0 Å². The molecule has 4 nitrogen and oxygen atoms in total. The maximum Gasteiger partial charge on any atom is 0.270 e. The Bertz CT molecular complexity index is 945. The van der Waals surface area contributed by atoms with Gasteiger partial charge in [-0.25, -0.2) is 4.98 Å². The van der Waals surface area contributed by atoms with E-state index in [-0.39, 0.29) is 5.91 Å². The molecule has 3 aromatic rings. The van der Waals surface area contributed by atoms with Gasteiger partial charge in [0.05, 0.1) is 5.69 Å². The van der Waals surface area contributed by atoms with E-state index in [0.717, 1.165) is 33.6 Å². The van der Waals surface area contributed by atoms with Crippen LogP contribution in [0.4, 0.5) is 11.4 Å². The number of nitrogen functional groups attached to an aromatic ring is 1. The van der Waals surface area contributed by atoms with Gasteiger partial charge in [0, 0.05) is 23.3 Å². The van der Waals surface area contributed by atoms with Gasteiger partial charge in [-0.3, -0.25) is 4.79 Å². The standard InChI is InChI=1S/C18H17N3OS/c1-10-9-13-15(19)16(23-17(13)20-11(10)2)18(22)21-8-7-12-5-3-4-6-14(12)21/h3-6,9H,7-8,19H2,1-2H3. The van der Waals surface area contributed by atoms with E-state index in [1.807, 2.05) is 43.0 Å². The molecule has 2 aromatic heterocycles. The molecule has 0 fully saturated rings. The SMILES string of the molecule is Cc1cc2c(N)c(C(=O)N3CCc4ccccc43)sc2nc1C. The number of carbonyl (C=O) groups is 1. The summed E-state index contributed by atoms with van der Waals surface area (Å²) in [5.74, 6) is -0.0224. The van der Waals surface area contributed by atoms with Gasteiger partial charge in [-0.15, -0.1) is 11.3 Å². The molecule has 23 heavy (non-hydrogen) atoms. The van der Waals surface area contributed by atoms with E-state index >= 15 is 0 Å². The highest BCUT2D eigenvalue weighted by molar-refractivity contribution is 7.21. The van der Waals surface area contributed by atoms with Gasteiger partial charge in [-0.05, 0) is 43.5 Å². The van der Waals surface area contributed by atoms with Crippen molar-refractivity contribution in [3.05, 3.63) is 52.0 Å². The van der Waals surface area contributed by atoms with Crippen molar-refractivity contribution < 1.29 is 4.79 Å². The van der Waals surface area contributed by atoms with Crippen LogP contribution in [0.25, 0.3) is 10.2 Å². The van der Waals surface area contributed by atoms with Crippen LogP contribution >= 0.6 is 11.3 Å². The van der Waals surface area contributed by atoms with Gasteiger partial charge in [0.2, 0.25) is 0 Å². The van der Waals surface area contributed by atoms with E-state index in [0.29, 0.717) is 17.1 Å². The Morgan fingerprint density at radius 3 is 2.91 bits per heavy atom. The number of aromatic nitrogens is 1. The average Bonchev–Trinajstić information content (AvgIpc) is 3.10. The number of hydrogen-bond donors (Lipinski definition) is 1. The highest BCUT2D eigenvalue weighted by Crippen LogP contribution is 2.37. The smallest absolute Gasteiger partial charge is 0.270 e. The molecule has 0 bridgehead atoms. The number of para-hydroxylation sites is 1. The summed E-state index contributed by atoms with van der Waals surface area (Å²) in [6.07, 6.45) is 0.892. The van der Waals surface area contributed by atoms with Crippen molar-refractivity contribution in [3.63, 3.8) is 0 Å². The second-order valence-electron chi connectivity index (χ2n) is 5.92. The number of anilines is 2. The highest BCUT2D eigenvalue weighted by Gasteiger charge is 2.28. The van der Waals surface area contributed by atoms with Crippen LogP contribution in [0, 0.1) is 13.8 Å². The number of carbonyl (C=O) groups excluding carboxylic acids is 1. The molecule has 0 spiro atoms. The summed E-state index contributed by atoms with van der Waals surface area (Å²) in [6, 6.07) is 10.1. The maximum absolute atomic E-state index is 13.0. The zero-order valence-corrected chi connectivity index (χ0v) is 13.9. The van der Waals surface area contributed by atoms with E-state index in [1.165, 1.54) is 16.9 Å². The number of nitrogens with zero attached hydrogens (tertiary/aromatic N) is 2. The van der Waals surface area contributed by atoms with Gasteiger partial charge >= 0.3 is 0 Å². The Labute approximate surface area is 138 Å². The fourth-order valence-corrected chi connectivity index (χ4v) is 4.13. The molecule has 1 aromatic carbocycles. The van der Waals surface area contributed by atoms with Gasteiger partial charge in [0.1, 0.15) is 9.71 Å². The topological polar surface area (TPSA) is 59.2 Å². The van der Waals surface area contributed by atoms with E-state index in [4.69, 9.17) is 5.73 Å². The van der Waals surface area contributed by atoms with Crippen molar-refractivity contribution in [1.29, 1.82) is 0 Å². The lowest BCUT2D eigenvalue weighted by Gasteiger charge is -2.16. The molecule has 3 heterocycles. The minimum atomic E-state index is -0.0224. The van der Waals surface area contributed by atoms with Crippen LogP contribution in [0.5, 0.6) is 0 Å². The van der Waals surface area contributed by atoms with E-state index in [2.05, 4.69) is 11.1 Å². The lowest BCUT2D eigenvalue weighted by molar-refractivity contribution is 0.0994. The molecule has 1 aliphatic heterocycles. The normalized spacial score (nSPS) is 13.6. The van der Waals surface area contributed by atoms with Crippen LogP contribution in [0.2, 0.25) is 0 Å². The van der Waals surface area contributed by atoms with Crippen LogP contribution in [0.15, 0.2) is 30.3 Å². The van der Waals surface area contributed by atoms with Crippen LogP contribution in [0.1, 0.15) is 26.5 Å². The first-order valence-corrected chi connectivity index (χ1v) is 8.44. The van der Waals surface area contributed by atoms with Crippen LogP contribution in [0.3, 0.4) is 0 Å². The Morgan fingerprint density at radius 1 is 1.30 bits per heavy atom. The van der Waals surface area contributed by atoms with Crippen molar-refractivity contribution in [3.8, 4) is 0 Å². The minimum Gasteiger partial charge on any atom is -0.397 e. The quantitative estimate of drug-likeness (QED) is 0.743. The van der Waals surface area contributed by atoms with E-state index in [9.17, 15) is 4.79 Å². The van der Waals surface area contributed by atoms with Gasteiger partial charge in [0.25, 0.3) is 5.91 Å². The molecule has 0 radical (unpaired) electrons. The molecule has 0 unspecified atom stereocenters. The summed E-state index contributed by atoms with van der Waals surface area (Å²) in [5, 5.41) is 0.883. The summed E-state index contributed by atoms with van der Waals surface area (Å²) in [6.45, 7) is 4.69. The molecule has 0 atom stereocenters. The molecule has 0 saturated heterocycles. The highest BCUT2D eigenvalue weighted by atomic mass is 32.1. The first-order valence-electron chi connectivity index (χ1n) is 7.62. The van der Waals surface area contributed by atoms with Gasteiger partial charge in [-0.1, -0.05) is 18.2 Å². The fourth-order valence-electron chi connectivity index (χ4n) is 3.06. The van der Waals surface area contributed by atoms with Crippen LogP contribution in [-0.4, -0.2) is 17.4 Å². The Balaban J connectivity index is 1.81. The third-order valence-electron chi connectivity index (χ3n) is 4.49. The Morgan fingerprint density at radius 2 is 2.09 bits per heavy atom. The van der Waals surface area contributed by atoms with Crippen molar-refractivity contribution in [2.75, 3.05) is 17.2 Å². The maximum atomic E-state index is 13.0. The molecule has 116 valence electrons. The summed E-state index contributed by atoms with van der Waals surface area (Å²) in [4.78, 5) is 20.8. The second kappa shape index (κ2) is 5.06. The third kappa shape index (κ3) is 2.11. The first-order chi connectivity index (χ1) is 11.1. The minimum absolute atomic E-state index is 0.0224. The zero-order valence-electron chi connectivity index (χ0n) is 13.1. The summed E-state index contributed by atoms with van der Waals surface area (Å²) < 4.78 is 0. The number of pyridine rings is 1. The number of thiophene rings is 1. The lowest BCUT2D eigenvalue weighted by Crippen LogP contribution is -2.28. The molecule has 1 amide bonds. The Hall–Kier alpha value is -2.40. The number of rotatable bonds is 1. The largest absolute Gasteiger partial charge is 0.397 e. The Kier molecular flexibility index (Phi) is 3.13. The van der Waals surface area contributed by atoms with Gasteiger partial charge in [0.15, 0.2) is 0 Å². The van der Waals surface area contributed by atoms with Crippen LogP contribution in [-0.2, 0) is 6.42 Å². The van der Waals surface area contributed by atoms with Crippen molar-refractivity contribution in [2.24, 2.45) is 0 Å². The number of fused-ring (bicyclic) bond motifs is 2. The second-order valence-corrected chi connectivity index (χ2v) is 6.92. The van der Waals surface area contributed by atoms with Crippen molar-refractivity contribution >= 4 is 38.8 Å². The molecule has 4 rings (SSSR count). The number of nitrogens with two attached hydrogens (primary N) is 1. The summed E-state index contributed by atoms with van der Waals surface area (Å²) in [5.41, 5.74) is 11.1. The van der Waals surface area contributed by atoms with Crippen LogP contribution < -0.4 is 10.6 Å². The van der Waals surface area contributed by atoms with Crippen molar-refractivity contribution in [2.45, 2.75) is 20.3 Å². The monoisotopic (exact) mass is 323 g/mol. The molecule has 1 aliphatic rings. The summed E-state index contributed by atoms with van der Waals surface area (Å²) in [7, 11) is 0. The molecular formula is C18H17N3OS. The summed E-state index contributed by atoms with van der Waals surface area (Å²) >= 11 is 1.39. The number of hydrogen-bond acceptors (Lipinski definition) is 4. The van der Waals surface area contributed by atoms with Gasteiger partial charge < -0.3 is 10.6 Å². The molecule has 0 aliphatic carbocycles. The predicted molar refractivity (Wildman–Crippen MR) is 95.3 cm³/mol. The molecular weight excluding hydrogens is 306 g/mol. The van der Waals surface area contributed by atoms with Crippen molar-refractivity contribution in [1.82, 2.24) is 4.98 Å². The number of amides is 1. The third-order valence-corrected chi connectivity index (χ3v) is 5.59. The number of aryl methyl sites for hydroxylation is 2. The predicted octanol–water partition coefficient (Wildman–Crippen LogP) is 3.70.